The average molecular weight is 140 g/mol. The molecule has 0 unspecified atom stereocenters. The van der Waals surface area contributed by atoms with E-state index in [1.165, 1.54) is 6.08 Å². The standard InChI is InChI=1S/C8H12O2/c1-2-3-4-5-6-7-8(9)10/h2-3,6-7H,4-5H2,1H3,(H,9,10). The van der Waals surface area contributed by atoms with Gasteiger partial charge in [0.2, 0.25) is 0 Å². The molecular formula is C8H12O2. The first-order valence-corrected chi connectivity index (χ1v) is 3.28. The molecular weight excluding hydrogens is 128 g/mol. The molecule has 0 saturated heterocycles. The molecule has 2 nitrogen and oxygen atoms in total. The molecule has 1 N–H and O–H groups in total. The first-order valence-electron chi connectivity index (χ1n) is 3.28. The van der Waals surface area contributed by atoms with E-state index in [1.807, 2.05) is 19.1 Å². The van der Waals surface area contributed by atoms with Crippen LogP contribution in [0.15, 0.2) is 24.3 Å². The number of rotatable bonds is 4. The van der Waals surface area contributed by atoms with Crippen LogP contribution in [0.1, 0.15) is 19.8 Å². The lowest BCUT2D eigenvalue weighted by Crippen LogP contribution is -1.84. The molecule has 0 fully saturated rings. The molecule has 0 saturated carbocycles. The van der Waals surface area contributed by atoms with E-state index in [9.17, 15) is 4.79 Å². The molecule has 0 aromatic rings. The number of aliphatic carboxylic acids is 1. The Hall–Kier alpha value is -1.05. The van der Waals surface area contributed by atoms with Crippen LogP contribution in [-0.4, -0.2) is 11.1 Å². The Kier molecular flexibility index (Phi) is 5.44. The van der Waals surface area contributed by atoms with E-state index in [4.69, 9.17) is 5.11 Å². The summed E-state index contributed by atoms with van der Waals surface area (Å²) < 4.78 is 0. The molecule has 0 spiro atoms. The Labute approximate surface area is 60.9 Å². The van der Waals surface area contributed by atoms with Gasteiger partial charge in [-0.25, -0.2) is 4.79 Å². The van der Waals surface area contributed by atoms with Gasteiger partial charge in [0, 0.05) is 6.08 Å². The highest BCUT2D eigenvalue weighted by Gasteiger charge is 1.82. The lowest BCUT2D eigenvalue weighted by Gasteiger charge is -1.82. The van der Waals surface area contributed by atoms with Crippen LogP contribution in [0.2, 0.25) is 0 Å². The zero-order chi connectivity index (χ0) is 7.82. The van der Waals surface area contributed by atoms with Gasteiger partial charge in [0.15, 0.2) is 0 Å². The minimum absolute atomic E-state index is 0.802. The lowest BCUT2D eigenvalue weighted by atomic mass is 10.3. The van der Waals surface area contributed by atoms with Crippen molar-refractivity contribution >= 4 is 5.97 Å². The number of carboxylic acid groups (broad SMARTS) is 1. The molecule has 56 valence electrons. The van der Waals surface area contributed by atoms with Crippen LogP contribution in [0.5, 0.6) is 0 Å². The normalized spacial score (nSPS) is 11.3. The fourth-order valence-corrected chi connectivity index (χ4v) is 0.543. The van der Waals surface area contributed by atoms with Crippen LogP contribution in [0.3, 0.4) is 0 Å². The second kappa shape index (κ2) is 6.08. The van der Waals surface area contributed by atoms with Crippen LogP contribution in [0.25, 0.3) is 0 Å². The Morgan fingerprint density at radius 1 is 1.40 bits per heavy atom. The lowest BCUT2D eigenvalue weighted by molar-refractivity contribution is -0.131. The summed E-state index contributed by atoms with van der Waals surface area (Å²) >= 11 is 0. The zero-order valence-electron chi connectivity index (χ0n) is 6.08. The van der Waals surface area contributed by atoms with Gasteiger partial charge >= 0.3 is 5.97 Å². The van der Waals surface area contributed by atoms with Crippen molar-refractivity contribution in [3.8, 4) is 0 Å². The number of hydrogen-bond acceptors (Lipinski definition) is 1. The molecule has 0 bridgehead atoms. The summed E-state index contributed by atoms with van der Waals surface area (Å²) in [6.07, 6.45) is 8.50. The van der Waals surface area contributed by atoms with E-state index < -0.39 is 5.97 Å². The molecule has 0 radical (unpaired) electrons. The van der Waals surface area contributed by atoms with Crippen LogP contribution in [-0.2, 0) is 4.79 Å². The van der Waals surface area contributed by atoms with Crippen molar-refractivity contribution < 1.29 is 9.90 Å². The predicted molar refractivity (Wildman–Crippen MR) is 40.8 cm³/mol. The zero-order valence-corrected chi connectivity index (χ0v) is 6.08. The van der Waals surface area contributed by atoms with Gasteiger partial charge in [-0.05, 0) is 19.8 Å². The van der Waals surface area contributed by atoms with Gasteiger partial charge < -0.3 is 5.11 Å². The molecule has 0 aromatic heterocycles. The molecule has 0 rings (SSSR count). The second-order valence-electron chi connectivity index (χ2n) is 1.89. The fourth-order valence-electron chi connectivity index (χ4n) is 0.543. The molecule has 0 atom stereocenters. The summed E-state index contributed by atoms with van der Waals surface area (Å²) in [6, 6.07) is 0. The average Bonchev–Trinajstić information content (AvgIpc) is 1.87. The third-order valence-corrected chi connectivity index (χ3v) is 0.996. The first-order chi connectivity index (χ1) is 4.77. The van der Waals surface area contributed by atoms with Crippen molar-refractivity contribution in [2.24, 2.45) is 0 Å². The second-order valence-corrected chi connectivity index (χ2v) is 1.89. The molecule has 0 heterocycles. The van der Waals surface area contributed by atoms with Gasteiger partial charge in [-0.15, -0.1) is 0 Å². The summed E-state index contributed by atoms with van der Waals surface area (Å²) in [7, 11) is 0. The number of carboxylic acids is 1. The first kappa shape index (κ1) is 8.95. The Morgan fingerprint density at radius 3 is 2.50 bits per heavy atom. The molecule has 0 aromatic carbocycles. The maximum absolute atomic E-state index is 9.93. The number of hydrogen-bond donors (Lipinski definition) is 1. The highest BCUT2D eigenvalue weighted by atomic mass is 16.4. The highest BCUT2D eigenvalue weighted by Crippen LogP contribution is 1.91. The fraction of sp³-hybridized carbons (Fsp3) is 0.375. The van der Waals surface area contributed by atoms with Crippen LogP contribution in [0, 0.1) is 0 Å². The molecule has 0 amide bonds. The topological polar surface area (TPSA) is 37.3 Å². The monoisotopic (exact) mass is 140 g/mol. The maximum atomic E-state index is 9.93. The summed E-state index contributed by atoms with van der Waals surface area (Å²) in [5.41, 5.74) is 0. The van der Waals surface area contributed by atoms with Gasteiger partial charge in [-0.3, -0.25) is 0 Å². The number of carbonyl (C=O) groups is 1. The van der Waals surface area contributed by atoms with Crippen LogP contribution >= 0.6 is 0 Å². The molecule has 0 aliphatic carbocycles. The number of allylic oxidation sites excluding steroid dienone is 3. The summed E-state index contributed by atoms with van der Waals surface area (Å²) in [5.74, 6) is -0.875. The van der Waals surface area contributed by atoms with Crippen LogP contribution < -0.4 is 0 Å². The minimum atomic E-state index is -0.875. The predicted octanol–water partition coefficient (Wildman–Crippen LogP) is 1.98. The quantitative estimate of drug-likeness (QED) is 0.368. The van der Waals surface area contributed by atoms with E-state index in [-0.39, 0.29) is 0 Å². The molecule has 10 heavy (non-hydrogen) atoms. The third-order valence-electron chi connectivity index (χ3n) is 0.996. The van der Waals surface area contributed by atoms with Gasteiger partial charge in [0.25, 0.3) is 0 Å². The molecule has 0 aliphatic rings. The highest BCUT2D eigenvalue weighted by molar-refractivity contribution is 5.79. The molecule has 0 aliphatic heterocycles. The van der Waals surface area contributed by atoms with Crippen molar-refractivity contribution in [2.45, 2.75) is 19.8 Å². The van der Waals surface area contributed by atoms with Gasteiger partial charge in [0.05, 0.1) is 0 Å². The van der Waals surface area contributed by atoms with Crippen LogP contribution in [0.4, 0.5) is 0 Å². The minimum Gasteiger partial charge on any atom is -0.478 e. The Morgan fingerprint density at radius 2 is 2.00 bits per heavy atom. The Bertz CT molecular complexity index is 145. The van der Waals surface area contributed by atoms with E-state index in [2.05, 4.69) is 0 Å². The van der Waals surface area contributed by atoms with Crippen molar-refractivity contribution in [1.82, 2.24) is 0 Å². The van der Waals surface area contributed by atoms with Gasteiger partial charge in [-0.1, -0.05) is 18.2 Å². The number of unbranched alkanes of at least 4 members (excludes halogenated alkanes) is 1. The van der Waals surface area contributed by atoms with E-state index >= 15 is 0 Å². The summed E-state index contributed by atoms with van der Waals surface area (Å²) in [4.78, 5) is 9.93. The SMILES string of the molecule is CC=CCCC=CC(=O)O. The third kappa shape index (κ3) is 6.95. The van der Waals surface area contributed by atoms with Crippen molar-refractivity contribution in [1.29, 1.82) is 0 Å². The Balaban J connectivity index is 3.27. The van der Waals surface area contributed by atoms with E-state index in [1.54, 1.807) is 6.08 Å². The summed E-state index contributed by atoms with van der Waals surface area (Å²) in [5, 5.41) is 8.17. The van der Waals surface area contributed by atoms with E-state index in [0.717, 1.165) is 12.8 Å². The molecule has 2 heteroatoms. The van der Waals surface area contributed by atoms with Crippen molar-refractivity contribution in [2.75, 3.05) is 0 Å². The largest absolute Gasteiger partial charge is 0.478 e. The van der Waals surface area contributed by atoms with Gasteiger partial charge in [-0.2, -0.15) is 0 Å². The van der Waals surface area contributed by atoms with E-state index in [0.29, 0.717) is 0 Å². The smallest absolute Gasteiger partial charge is 0.327 e. The van der Waals surface area contributed by atoms with Gasteiger partial charge in [0.1, 0.15) is 0 Å². The summed E-state index contributed by atoms with van der Waals surface area (Å²) in [6.45, 7) is 1.95. The maximum Gasteiger partial charge on any atom is 0.327 e. The van der Waals surface area contributed by atoms with Crippen molar-refractivity contribution in [3.05, 3.63) is 24.3 Å². The van der Waals surface area contributed by atoms with Crippen molar-refractivity contribution in [3.63, 3.8) is 0 Å².